The highest BCUT2D eigenvalue weighted by Gasteiger charge is 2.17. The molecule has 1 N–H and O–H groups in total. The second kappa shape index (κ2) is 7.57. The van der Waals surface area contributed by atoms with Crippen LogP contribution in [0.5, 0.6) is 5.75 Å². The van der Waals surface area contributed by atoms with Crippen LogP contribution in [0.4, 0.5) is 10.1 Å². The maximum atomic E-state index is 13.6. The van der Waals surface area contributed by atoms with Crippen LogP contribution in [0.25, 0.3) is 11.4 Å². The van der Waals surface area contributed by atoms with Crippen LogP contribution in [0.2, 0.25) is 0 Å². The zero-order valence-corrected chi connectivity index (χ0v) is 14.7. The Morgan fingerprint density at radius 3 is 2.93 bits per heavy atom. The van der Waals surface area contributed by atoms with E-state index in [9.17, 15) is 9.18 Å². The van der Waals surface area contributed by atoms with Crippen molar-refractivity contribution < 1.29 is 13.9 Å². The summed E-state index contributed by atoms with van der Waals surface area (Å²) in [5.74, 6) is 1.46. The van der Waals surface area contributed by atoms with E-state index in [1.165, 1.54) is 12.1 Å². The number of aromatic nitrogens is 3. The second-order valence-corrected chi connectivity index (χ2v) is 6.39. The van der Waals surface area contributed by atoms with Crippen LogP contribution in [-0.4, -0.2) is 27.3 Å². The summed E-state index contributed by atoms with van der Waals surface area (Å²) >= 11 is 0. The lowest BCUT2D eigenvalue weighted by Crippen LogP contribution is -2.20. The van der Waals surface area contributed by atoms with E-state index in [1.54, 1.807) is 18.2 Å². The Hall–Kier alpha value is -3.22. The number of halogens is 1. The standard InChI is InChI=1S/C20H19FN4O2/c21-16-8-1-2-9-17(16)22-19(26)13-27-15-7-5-6-14(12-15)20-24-23-18-10-3-4-11-25(18)20/h1-2,5-9,12H,3-4,10-11,13H2,(H,22,26). The normalized spacial score (nSPS) is 13.1. The van der Waals surface area contributed by atoms with Gasteiger partial charge in [0.15, 0.2) is 12.4 Å². The molecule has 138 valence electrons. The first-order valence-corrected chi connectivity index (χ1v) is 8.90. The Bertz CT molecular complexity index is 970. The molecular formula is C20H19FN4O2. The predicted molar refractivity (Wildman–Crippen MR) is 98.9 cm³/mol. The minimum absolute atomic E-state index is 0.134. The maximum Gasteiger partial charge on any atom is 0.262 e. The van der Waals surface area contributed by atoms with E-state index in [4.69, 9.17) is 4.74 Å². The summed E-state index contributed by atoms with van der Waals surface area (Å²) in [6.07, 6.45) is 3.20. The van der Waals surface area contributed by atoms with Crippen molar-refractivity contribution >= 4 is 11.6 Å². The number of para-hydroxylation sites is 1. The number of nitrogens with one attached hydrogen (secondary N) is 1. The van der Waals surface area contributed by atoms with Crippen LogP contribution in [0.3, 0.4) is 0 Å². The van der Waals surface area contributed by atoms with Crippen molar-refractivity contribution in [1.29, 1.82) is 0 Å². The summed E-state index contributed by atoms with van der Waals surface area (Å²) in [6, 6.07) is 13.4. The number of fused-ring (bicyclic) bond motifs is 1. The van der Waals surface area contributed by atoms with Gasteiger partial charge in [0.2, 0.25) is 0 Å². The number of nitrogens with zero attached hydrogens (tertiary/aromatic N) is 3. The Labute approximate surface area is 156 Å². The molecule has 0 bridgehead atoms. The Kier molecular flexibility index (Phi) is 4.82. The van der Waals surface area contributed by atoms with Gasteiger partial charge in [-0.15, -0.1) is 10.2 Å². The van der Waals surface area contributed by atoms with Crippen LogP contribution < -0.4 is 10.1 Å². The molecule has 0 aliphatic carbocycles. The molecule has 0 saturated heterocycles. The van der Waals surface area contributed by atoms with Gasteiger partial charge in [-0.2, -0.15) is 0 Å². The van der Waals surface area contributed by atoms with Gasteiger partial charge in [0.1, 0.15) is 17.4 Å². The molecule has 2 aromatic carbocycles. The fraction of sp³-hybridized carbons (Fsp3) is 0.250. The second-order valence-electron chi connectivity index (χ2n) is 6.39. The third-order valence-corrected chi connectivity index (χ3v) is 4.47. The first-order valence-electron chi connectivity index (χ1n) is 8.90. The maximum absolute atomic E-state index is 13.6. The number of amides is 1. The van der Waals surface area contributed by atoms with Gasteiger partial charge in [-0.1, -0.05) is 24.3 Å². The number of carbonyl (C=O) groups is 1. The SMILES string of the molecule is O=C(COc1cccc(-c2nnc3n2CCCC3)c1)Nc1ccccc1F. The molecule has 0 spiro atoms. The zero-order valence-electron chi connectivity index (χ0n) is 14.7. The summed E-state index contributed by atoms with van der Waals surface area (Å²) in [6.45, 7) is 0.698. The molecule has 3 aromatic rings. The van der Waals surface area contributed by atoms with Crippen LogP contribution in [0, 0.1) is 5.82 Å². The third-order valence-electron chi connectivity index (χ3n) is 4.47. The lowest BCUT2D eigenvalue weighted by molar-refractivity contribution is -0.118. The molecule has 0 fully saturated rings. The van der Waals surface area contributed by atoms with Crippen molar-refractivity contribution in [2.45, 2.75) is 25.8 Å². The smallest absolute Gasteiger partial charge is 0.262 e. The van der Waals surface area contributed by atoms with Crippen LogP contribution in [0.1, 0.15) is 18.7 Å². The van der Waals surface area contributed by atoms with Gasteiger partial charge in [0, 0.05) is 18.5 Å². The Morgan fingerprint density at radius 1 is 1.15 bits per heavy atom. The molecular weight excluding hydrogens is 347 g/mol. The van der Waals surface area contributed by atoms with Gasteiger partial charge in [-0.3, -0.25) is 4.79 Å². The Balaban J connectivity index is 1.43. The fourth-order valence-electron chi connectivity index (χ4n) is 3.14. The molecule has 7 heteroatoms. The molecule has 4 rings (SSSR count). The molecule has 0 atom stereocenters. The minimum atomic E-state index is -0.482. The lowest BCUT2D eigenvalue weighted by Gasteiger charge is -2.15. The number of anilines is 1. The largest absolute Gasteiger partial charge is 0.484 e. The average molecular weight is 366 g/mol. The Morgan fingerprint density at radius 2 is 2.04 bits per heavy atom. The molecule has 1 aliphatic rings. The number of ether oxygens (including phenoxy) is 1. The van der Waals surface area contributed by atoms with Crippen LogP contribution in [0.15, 0.2) is 48.5 Å². The molecule has 0 saturated carbocycles. The van der Waals surface area contributed by atoms with Gasteiger partial charge in [0.05, 0.1) is 5.69 Å². The number of benzene rings is 2. The first kappa shape index (κ1) is 17.2. The molecule has 1 amide bonds. The third kappa shape index (κ3) is 3.81. The minimum Gasteiger partial charge on any atom is -0.484 e. The van der Waals surface area contributed by atoms with Crippen LogP contribution in [-0.2, 0) is 17.8 Å². The number of hydrogen-bond acceptors (Lipinski definition) is 4. The number of aryl methyl sites for hydroxylation is 1. The van der Waals surface area contributed by atoms with Crippen molar-refractivity contribution in [3.63, 3.8) is 0 Å². The quantitative estimate of drug-likeness (QED) is 0.751. The van der Waals surface area contributed by atoms with E-state index < -0.39 is 11.7 Å². The first-order chi connectivity index (χ1) is 13.2. The topological polar surface area (TPSA) is 69.0 Å². The number of carbonyl (C=O) groups excluding carboxylic acids is 1. The van der Waals surface area contributed by atoms with Crippen LogP contribution >= 0.6 is 0 Å². The number of rotatable bonds is 5. The molecule has 1 aliphatic heterocycles. The van der Waals surface area contributed by atoms with E-state index in [0.717, 1.165) is 43.0 Å². The highest BCUT2D eigenvalue weighted by Crippen LogP contribution is 2.26. The molecule has 27 heavy (non-hydrogen) atoms. The molecule has 6 nitrogen and oxygen atoms in total. The molecule has 0 radical (unpaired) electrons. The summed E-state index contributed by atoms with van der Waals surface area (Å²) in [5.41, 5.74) is 1.03. The lowest BCUT2D eigenvalue weighted by atomic mass is 10.1. The molecule has 1 aromatic heterocycles. The highest BCUT2D eigenvalue weighted by molar-refractivity contribution is 5.92. The molecule has 0 unspecified atom stereocenters. The average Bonchev–Trinajstić information content (AvgIpc) is 3.13. The van der Waals surface area contributed by atoms with E-state index in [0.29, 0.717) is 5.75 Å². The van der Waals surface area contributed by atoms with Crippen molar-refractivity contribution in [1.82, 2.24) is 14.8 Å². The van der Waals surface area contributed by atoms with E-state index in [-0.39, 0.29) is 12.3 Å². The monoisotopic (exact) mass is 366 g/mol. The van der Waals surface area contributed by atoms with E-state index in [2.05, 4.69) is 20.1 Å². The zero-order chi connectivity index (χ0) is 18.6. The predicted octanol–water partition coefficient (Wildman–Crippen LogP) is 3.44. The van der Waals surface area contributed by atoms with Gasteiger partial charge >= 0.3 is 0 Å². The summed E-state index contributed by atoms with van der Waals surface area (Å²) in [5, 5.41) is 11.1. The van der Waals surface area contributed by atoms with Gasteiger partial charge in [-0.05, 0) is 37.1 Å². The summed E-state index contributed by atoms with van der Waals surface area (Å²) in [4.78, 5) is 12.0. The van der Waals surface area contributed by atoms with Gasteiger partial charge in [0.25, 0.3) is 5.91 Å². The van der Waals surface area contributed by atoms with E-state index in [1.807, 2.05) is 18.2 Å². The van der Waals surface area contributed by atoms with E-state index >= 15 is 0 Å². The van der Waals surface area contributed by atoms with Crippen molar-refractivity contribution in [2.24, 2.45) is 0 Å². The van der Waals surface area contributed by atoms with Crippen molar-refractivity contribution in [3.05, 3.63) is 60.2 Å². The van der Waals surface area contributed by atoms with Crippen molar-refractivity contribution in [2.75, 3.05) is 11.9 Å². The van der Waals surface area contributed by atoms with Gasteiger partial charge in [-0.25, -0.2) is 4.39 Å². The summed E-state index contributed by atoms with van der Waals surface area (Å²) in [7, 11) is 0. The highest BCUT2D eigenvalue weighted by atomic mass is 19.1. The van der Waals surface area contributed by atoms with Gasteiger partial charge < -0.3 is 14.6 Å². The van der Waals surface area contributed by atoms with Crippen molar-refractivity contribution in [3.8, 4) is 17.1 Å². The number of hydrogen-bond donors (Lipinski definition) is 1. The molecule has 2 heterocycles. The summed E-state index contributed by atoms with van der Waals surface area (Å²) < 4.78 is 21.3. The fourth-order valence-corrected chi connectivity index (χ4v) is 3.14.